The standard InChI is InChI=1S/C22H15Br2N3O3/c23-15-8-13(20(28)19(24)21(15)29)10-25-14-2-3-16-17(9-14)27-22(26-16)12-1-4-18-11(7-12)5-6-30-18/h1-4,7-10,28-29H,5-6H2,(H,26,27)/b25-10+. The third-order valence-electron chi connectivity index (χ3n) is 4.98. The molecule has 0 saturated heterocycles. The number of ether oxygens (including phenoxy) is 1. The Morgan fingerprint density at radius 3 is 2.80 bits per heavy atom. The van der Waals surface area contributed by atoms with Crippen LogP contribution < -0.4 is 4.74 Å². The Kier molecular flexibility index (Phi) is 4.75. The molecule has 0 spiro atoms. The fraction of sp³-hybridized carbons (Fsp3) is 0.0909. The minimum absolute atomic E-state index is 0.0618. The van der Waals surface area contributed by atoms with E-state index >= 15 is 0 Å². The molecule has 150 valence electrons. The number of rotatable bonds is 3. The summed E-state index contributed by atoms with van der Waals surface area (Å²) in [5, 5.41) is 20.0. The molecule has 3 N–H and O–H groups in total. The number of H-pyrrole nitrogens is 1. The summed E-state index contributed by atoms with van der Waals surface area (Å²) in [6, 6.07) is 13.4. The predicted molar refractivity (Wildman–Crippen MR) is 123 cm³/mol. The van der Waals surface area contributed by atoms with Gasteiger partial charge in [-0.15, -0.1) is 0 Å². The number of hydrogen-bond acceptors (Lipinski definition) is 5. The van der Waals surface area contributed by atoms with E-state index in [1.54, 1.807) is 12.3 Å². The van der Waals surface area contributed by atoms with Gasteiger partial charge in [0.2, 0.25) is 0 Å². The zero-order valence-corrected chi connectivity index (χ0v) is 18.7. The maximum absolute atomic E-state index is 10.2. The van der Waals surface area contributed by atoms with E-state index < -0.39 is 0 Å². The van der Waals surface area contributed by atoms with E-state index in [1.807, 2.05) is 30.3 Å². The fourth-order valence-corrected chi connectivity index (χ4v) is 4.56. The minimum atomic E-state index is -0.0804. The molecule has 1 aliphatic rings. The van der Waals surface area contributed by atoms with E-state index in [-0.39, 0.29) is 16.0 Å². The van der Waals surface area contributed by atoms with Crippen LogP contribution in [0.25, 0.3) is 22.4 Å². The number of halogens is 2. The van der Waals surface area contributed by atoms with Gasteiger partial charge >= 0.3 is 0 Å². The summed E-state index contributed by atoms with van der Waals surface area (Å²) in [6.45, 7) is 0.726. The number of hydrogen-bond donors (Lipinski definition) is 3. The molecule has 0 atom stereocenters. The molecular formula is C22H15Br2N3O3. The van der Waals surface area contributed by atoms with Crippen LogP contribution in [0.1, 0.15) is 11.1 Å². The first kappa shape index (κ1) is 19.1. The van der Waals surface area contributed by atoms with Gasteiger partial charge in [0.25, 0.3) is 0 Å². The van der Waals surface area contributed by atoms with E-state index in [4.69, 9.17) is 9.72 Å². The smallest absolute Gasteiger partial charge is 0.147 e. The summed E-state index contributed by atoms with van der Waals surface area (Å²) in [7, 11) is 0. The minimum Gasteiger partial charge on any atom is -0.506 e. The number of aromatic hydroxyl groups is 2. The van der Waals surface area contributed by atoms with Gasteiger partial charge in [-0.25, -0.2) is 4.98 Å². The van der Waals surface area contributed by atoms with Gasteiger partial charge in [0.1, 0.15) is 27.5 Å². The second-order valence-electron chi connectivity index (χ2n) is 6.92. The SMILES string of the molecule is Oc1c(Br)cc(/C=N/c2ccc3[nH]c(-c4ccc5c(c4)CCO5)nc3c2)c(O)c1Br. The molecular weight excluding hydrogens is 514 g/mol. The summed E-state index contributed by atoms with van der Waals surface area (Å²) in [5.74, 6) is 1.60. The van der Waals surface area contributed by atoms with Crippen LogP contribution in [0, 0.1) is 0 Å². The largest absolute Gasteiger partial charge is 0.506 e. The Balaban J connectivity index is 1.47. The van der Waals surface area contributed by atoms with Gasteiger partial charge in [0.05, 0.1) is 27.8 Å². The normalized spacial score (nSPS) is 13.1. The van der Waals surface area contributed by atoms with E-state index in [2.05, 4.69) is 47.9 Å². The van der Waals surface area contributed by atoms with E-state index in [1.165, 1.54) is 5.56 Å². The lowest BCUT2D eigenvalue weighted by molar-refractivity contribution is 0.357. The third-order valence-corrected chi connectivity index (χ3v) is 6.34. The van der Waals surface area contributed by atoms with Gasteiger partial charge < -0.3 is 19.9 Å². The molecule has 0 aliphatic carbocycles. The van der Waals surface area contributed by atoms with Crippen molar-refractivity contribution in [2.24, 2.45) is 4.99 Å². The summed E-state index contributed by atoms with van der Waals surface area (Å²) < 4.78 is 6.25. The Labute approximate surface area is 188 Å². The number of fused-ring (bicyclic) bond motifs is 2. The number of aliphatic imine (C=N–C) groups is 1. The molecule has 1 aliphatic heterocycles. The Morgan fingerprint density at radius 1 is 1.07 bits per heavy atom. The first-order valence-corrected chi connectivity index (χ1v) is 10.8. The molecule has 4 aromatic rings. The van der Waals surface area contributed by atoms with Crippen LogP contribution in [-0.2, 0) is 6.42 Å². The quantitative estimate of drug-likeness (QED) is 0.291. The summed E-state index contributed by atoms with van der Waals surface area (Å²) >= 11 is 6.43. The number of phenolic OH excluding ortho intramolecular Hbond substituents is 2. The molecule has 0 saturated carbocycles. The van der Waals surface area contributed by atoms with Gasteiger partial charge in [-0.05, 0) is 79.9 Å². The Hall–Kier alpha value is -2.84. The molecule has 0 bridgehead atoms. The number of aromatic amines is 1. The Bertz CT molecular complexity index is 1330. The first-order chi connectivity index (χ1) is 14.5. The van der Waals surface area contributed by atoms with Crippen molar-refractivity contribution in [2.75, 3.05) is 6.61 Å². The van der Waals surface area contributed by atoms with Gasteiger partial charge in [0, 0.05) is 23.8 Å². The van der Waals surface area contributed by atoms with Gasteiger partial charge in [-0.1, -0.05) is 0 Å². The molecule has 30 heavy (non-hydrogen) atoms. The van der Waals surface area contributed by atoms with Crippen molar-refractivity contribution in [1.82, 2.24) is 9.97 Å². The molecule has 5 rings (SSSR count). The lowest BCUT2D eigenvalue weighted by Gasteiger charge is -2.06. The molecule has 0 unspecified atom stereocenters. The second-order valence-corrected chi connectivity index (χ2v) is 8.57. The monoisotopic (exact) mass is 527 g/mol. The van der Waals surface area contributed by atoms with Crippen molar-refractivity contribution in [3.8, 4) is 28.6 Å². The maximum Gasteiger partial charge on any atom is 0.147 e. The average Bonchev–Trinajstić information content (AvgIpc) is 3.39. The van der Waals surface area contributed by atoms with Crippen LogP contribution in [-0.4, -0.2) is 33.0 Å². The highest BCUT2D eigenvalue weighted by Gasteiger charge is 2.15. The number of nitrogens with one attached hydrogen (secondary N) is 1. The zero-order valence-electron chi connectivity index (χ0n) is 15.5. The molecule has 3 aromatic carbocycles. The van der Waals surface area contributed by atoms with Crippen molar-refractivity contribution in [2.45, 2.75) is 6.42 Å². The van der Waals surface area contributed by atoms with Crippen molar-refractivity contribution in [1.29, 1.82) is 0 Å². The molecule has 2 heterocycles. The van der Waals surface area contributed by atoms with Crippen LogP contribution >= 0.6 is 31.9 Å². The van der Waals surface area contributed by atoms with Crippen LogP contribution in [0.15, 0.2) is 56.4 Å². The maximum atomic E-state index is 10.2. The summed E-state index contributed by atoms with van der Waals surface area (Å²) in [4.78, 5) is 12.5. The molecule has 0 radical (unpaired) electrons. The lowest BCUT2D eigenvalue weighted by atomic mass is 10.1. The third kappa shape index (κ3) is 3.36. The van der Waals surface area contributed by atoms with E-state index in [9.17, 15) is 10.2 Å². The molecule has 8 heteroatoms. The number of benzene rings is 3. The second kappa shape index (κ2) is 7.45. The molecule has 1 aromatic heterocycles. The van der Waals surface area contributed by atoms with Gasteiger partial charge in [-0.3, -0.25) is 4.99 Å². The number of nitrogens with zero attached hydrogens (tertiary/aromatic N) is 2. The predicted octanol–water partition coefficient (Wildman–Crippen LogP) is 5.85. The zero-order chi connectivity index (χ0) is 20.8. The van der Waals surface area contributed by atoms with Crippen molar-refractivity contribution in [3.63, 3.8) is 0 Å². The topological polar surface area (TPSA) is 90.7 Å². The van der Waals surface area contributed by atoms with E-state index in [0.29, 0.717) is 15.7 Å². The number of aromatic nitrogens is 2. The van der Waals surface area contributed by atoms with Crippen LogP contribution in [0.4, 0.5) is 5.69 Å². The summed E-state index contributed by atoms with van der Waals surface area (Å²) in [5.41, 5.74) is 5.10. The molecule has 0 fully saturated rings. The van der Waals surface area contributed by atoms with Gasteiger partial charge in [-0.2, -0.15) is 0 Å². The molecule has 0 amide bonds. The number of phenols is 2. The van der Waals surface area contributed by atoms with Gasteiger partial charge in [0.15, 0.2) is 0 Å². The van der Waals surface area contributed by atoms with Crippen molar-refractivity contribution < 1.29 is 14.9 Å². The lowest BCUT2D eigenvalue weighted by Crippen LogP contribution is -1.85. The average molecular weight is 529 g/mol. The van der Waals surface area contributed by atoms with Crippen LogP contribution in [0.2, 0.25) is 0 Å². The first-order valence-electron chi connectivity index (χ1n) is 9.19. The fourth-order valence-electron chi connectivity index (χ4n) is 3.40. The van der Waals surface area contributed by atoms with Crippen molar-refractivity contribution >= 4 is 54.8 Å². The van der Waals surface area contributed by atoms with Crippen LogP contribution in [0.5, 0.6) is 17.2 Å². The highest BCUT2D eigenvalue weighted by molar-refractivity contribution is 9.11. The highest BCUT2D eigenvalue weighted by Crippen LogP contribution is 2.40. The van der Waals surface area contributed by atoms with Crippen LogP contribution in [0.3, 0.4) is 0 Å². The van der Waals surface area contributed by atoms with Crippen molar-refractivity contribution in [3.05, 3.63) is 62.5 Å². The molecule has 6 nitrogen and oxygen atoms in total. The van der Waals surface area contributed by atoms with E-state index in [0.717, 1.165) is 41.2 Å². The summed E-state index contributed by atoms with van der Waals surface area (Å²) in [6.07, 6.45) is 2.46. The highest BCUT2D eigenvalue weighted by atomic mass is 79.9. The Morgan fingerprint density at radius 2 is 1.93 bits per heavy atom. The number of imidazole rings is 1.